The van der Waals surface area contributed by atoms with Crippen LogP contribution in [-0.2, 0) is 0 Å². The first-order valence-electron chi connectivity index (χ1n) is 5.02. The van der Waals surface area contributed by atoms with Crippen LogP contribution in [0.2, 0.25) is 0 Å². The number of hydrogen-bond donors (Lipinski definition) is 1. The number of hydrogen-bond acceptors (Lipinski definition) is 4. The van der Waals surface area contributed by atoms with Crippen molar-refractivity contribution >= 4 is 11.0 Å². The normalized spacial score (nSPS) is 10.6. The molecule has 1 N–H and O–H groups in total. The highest BCUT2D eigenvalue weighted by molar-refractivity contribution is 5.85. The Hall–Kier alpha value is -1.97. The fraction of sp³-hybridized carbons (Fsp3) is 0.250. The first kappa shape index (κ1) is 10.5. The third-order valence-electron chi connectivity index (χ3n) is 2.32. The molecule has 84 valence electrons. The largest absolute Gasteiger partial charge is 0.507 e. The van der Waals surface area contributed by atoms with Crippen molar-refractivity contribution in [3.63, 3.8) is 0 Å². The lowest BCUT2D eigenvalue weighted by molar-refractivity contribution is 0.337. The first-order chi connectivity index (χ1) is 7.61. The molecular formula is C12H12O4. The summed E-state index contributed by atoms with van der Waals surface area (Å²) in [6, 6.07) is 4.41. The summed E-state index contributed by atoms with van der Waals surface area (Å²) in [6.45, 7) is 4.28. The monoisotopic (exact) mass is 220 g/mol. The number of aromatic hydroxyl groups is 1. The topological polar surface area (TPSA) is 59.7 Å². The molecule has 1 aromatic carbocycles. The zero-order valence-electron chi connectivity index (χ0n) is 9.11. The maximum Gasteiger partial charge on any atom is 0.339 e. The minimum Gasteiger partial charge on any atom is -0.507 e. The molecule has 0 radical (unpaired) electrons. The molecule has 0 unspecified atom stereocenters. The number of fused-ring (bicyclic) bond motifs is 1. The zero-order chi connectivity index (χ0) is 11.7. The van der Waals surface area contributed by atoms with E-state index in [0.29, 0.717) is 23.3 Å². The third-order valence-corrected chi connectivity index (χ3v) is 2.32. The average molecular weight is 220 g/mol. The van der Waals surface area contributed by atoms with E-state index in [1.54, 1.807) is 12.1 Å². The second-order valence-corrected chi connectivity index (χ2v) is 3.50. The van der Waals surface area contributed by atoms with Crippen molar-refractivity contribution in [3.8, 4) is 11.5 Å². The van der Waals surface area contributed by atoms with E-state index in [4.69, 9.17) is 9.15 Å². The molecule has 0 fully saturated rings. The van der Waals surface area contributed by atoms with E-state index < -0.39 is 5.63 Å². The van der Waals surface area contributed by atoms with Crippen LogP contribution in [0.5, 0.6) is 11.5 Å². The Kier molecular flexibility index (Phi) is 2.56. The molecule has 0 bridgehead atoms. The molecule has 0 aliphatic rings. The highest BCUT2D eigenvalue weighted by atomic mass is 16.5. The molecule has 0 saturated carbocycles. The van der Waals surface area contributed by atoms with Crippen molar-refractivity contribution in [2.75, 3.05) is 6.61 Å². The summed E-state index contributed by atoms with van der Waals surface area (Å²) in [6.07, 6.45) is 0. The molecule has 4 nitrogen and oxygen atoms in total. The lowest BCUT2D eigenvalue weighted by Crippen LogP contribution is -1.98. The molecule has 4 heteroatoms. The van der Waals surface area contributed by atoms with Gasteiger partial charge in [-0.15, -0.1) is 0 Å². The standard InChI is InChI=1S/C12H12O4/c1-3-15-10-6-11-8(4-7(10)2)9(13)5-12(14)16-11/h4-6,13H,3H2,1-2H3. The Morgan fingerprint density at radius 3 is 2.81 bits per heavy atom. The van der Waals surface area contributed by atoms with Crippen LogP contribution in [0.4, 0.5) is 0 Å². The van der Waals surface area contributed by atoms with Crippen LogP contribution < -0.4 is 10.4 Å². The van der Waals surface area contributed by atoms with Crippen LogP contribution in [0.1, 0.15) is 12.5 Å². The van der Waals surface area contributed by atoms with Crippen LogP contribution in [0.25, 0.3) is 11.0 Å². The van der Waals surface area contributed by atoms with Crippen molar-refractivity contribution < 1.29 is 14.3 Å². The van der Waals surface area contributed by atoms with Crippen molar-refractivity contribution in [1.29, 1.82) is 0 Å². The fourth-order valence-corrected chi connectivity index (χ4v) is 1.59. The van der Waals surface area contributed by atoms with Crippen LogP contribution in [0, 0.1) is 6.92 Å². The van der Waals surface area contributed by atoms with Gasteiger partial charge in [0.2, 0.25) is 0 Å². The SMILES string of the molecule is CCOc1cc2oc(=O)cc(O)c2cc1C. The minimum atomic E-state index is -0.573. The van der Waals surface area contributed by atoms with E-state index in [1.807, 2.05) is 13.8 Å². The molecular weight excluding hydrogens is 208 g/mol. The molecule has 0 aliphatic carbocycles. The van der Waals surface area contributed by atoms with Gasteiger partial charge in [-0.1, -0.05) is 0 Å². The molecule has 16 heavy (non-hydrogen) atoms. The Labute approximate surface area is 92.1 Å². The maximum absolute atomic E-state index is 11.1. The molecule has 1 aromatic heterocycles. The second-order valence-electron chi connectivity index (χ2n) is 3.50. The maximum atomic E-state index is 11.1. The highest BCUT2D eigenvalue weighted by Crippen LogP contribution is 2.29. The average Bonchev–Trinajstić information content (AvgIpc) is 2.21. The van der Waals surface area contributed by atoms with Gasteiger partial charge in [-0.3, -0.25) is 0 Å². The number of rotatable bonds is 2. The molecule has 0 amide bonds. The second kappa shape index (κ2) is 3.89. The number of benzene rings is 1. The fourth-order valence-electron chi connectivity index (χ4n) is 1.59. The van der Waals surface area contributed by atoms with Crippen LogP contribution in [0.3, 0.4) is 0 Å². The first-order valence-corrected chi connectivity index (χ1v) is 5.02. The summed E-state index contributed by atoms with van der Waals surface area (Å²) in [5.41, 5.74) is 0.647. The van der Waals surface area contributed by atoms with Crippen LogP contribution in [0.15, 0.2) is 27.4 Å². The summed E-state index contributed by atoms with van der Waals surface area (Å²) in [5, 5.41) is 10.1. The molecule has 0 spiro atoms. The van der Waals surface area contributed by atoms with E-state index in [-0.39, 0.29) is 5.75 Å². The van der Waals surface area contributed by atoms with E-state index in [1.165, 1.54) is 0 Å². The predicted octanol–water partition coefficient (Wildman–Crippen LogP) is 2.21. The lowest BCUT2D eigenvalue weighted by Gasteiger charge is -2.08. The molecule has 1 heterocycles. The zero-order valence-corrected chi connectivity index (χ0v) is 9.11. The Morgan fingerprint density at radius 2 is 2.12 bits per heavy atom. The smallest absolute Gasteiger partial charge is 0.339 e. The summed E-state index contributed by atoms with van der Waals surface area (Å²) in [4.78, 5) is 11.1. The quantitative estimate of drug-likeness (QED) is 0.788. The van der Waals surface area contributed by atoms with Crippen molar-refractivity contribution in [2.45, 2.75) is 13.8 Å². The summed E-state index contributed by atoms with van der Waals surface area (Å²) >= 11 is 0. The van der Waals surface area contributed by atoms with Gasteiger partial charge in [-0.25, -0.2) is 4.79 Å². The van der Waals surface area contributed by atoms with Gasteiger partial charge in [0.15, 0.2) is 0 Å². The van der Waals surface area contributed by atoms with Crippen LogP contribution in [-0.4, -0.2) is 11.7 Å². The third kappa shape index (κ3) is 1.74. The summed E-state index contributed by atoms with van der Waals surface area (Å²) < 4.78 is 10.4. The van der Waals surface area contributed by atoms with E-state index >= 15 is 0 Å². The van der Waals surface area contributed by atoms with E-state index in [9.17, 15) is 9.90 Å². The Morgan fingerprint density at radius 1 is 1.38 bits per heavy atom. The van der Waals surface area contributed by atoms with Gasteiger partial charge >= 0.3 is 5.63 Å². The molecule has 0 atom stereocenters. The van der Waals surface area contributed by atoms with Crippen LogP contribution >= 0.6 is 0 Å². The van der Waals surface area contributed by atoms with E-state index in [0.717, 1.165) is 11.6 Å². The van der Waals surface area contributed by atoms with Gasteiger partial charge in [-0.05, 0) is 25.5 Å². The number of aryl methyl sites for hydroxylation is 1. The summed E-state index contributed by atoms with van der Waals surface area (Å²) in [5.74, 6) is 0.584. The van der Waals surface area contributed by atoms with Gasteiger partial charge in [-0.2, -0.15) is 0 Å². The van der Waals surface area contributed by atoms with Gasteiger partial charge in [0.05, 0.1) is 18.1 Å². The van der Waals surface area contributed by atoms with Gasteiger partial charge in [0.1, 0.15) is 17.1 Å². The van der Waals surface area contributed by atoms with Crippen molar-refractivity contribution in [1.82, 2.24) is 0 Å². The Bertz CT molecular complexity index is 583. The van der Waals surface area contributed by atoms with Crippen molar-refractivity contribution in [2.24, 2.45) is 0 Å². The van der Waals surface area contributed by atoms with Gasteiger partial charge in [0, 0.05) is 6.07 Å². The highest BCUT2D eigenvalue weighted by Gasteiger charge is 2.08. The number of ether oxygens (including phenoxy) is 1. The minimum absolute atomic E-state index is 0.0719. The van der Waals surface area contributed by atoms with E-state index in [2.05, 4.69) is 0 Å². The van der Waals surface area contributed by atoms with Gasteiger partial charge < -0.3 is 14.3 Å². The molecule has 0 saturated heterocycles. The molecule has 2 aromatic rings. The molecule has 0 aliphatic heterocycles. The van der Waals surface area contributed by atoms with Crippen molar-refractivity contribution in [3.05, 3.63) is 34.2 Å². The lowest BCUT2D eigenvalue weighted by atomic mass is 10.1. The Balaban J connectivity index is 2.74. The summed E-state index contributed by atoms with van der Waals surface area (Å²) in [7, 11) is 0. The molecule has 2 rings (SSSR count). The van der Waals surface area contributed by atoms with Gasteiger partial charge in [0.25, 0.3) is 0 Å². The predicted molar refractivity (Wildman–Crippen MR) is 60.1 cm³/mol.